The van der Waals surface area contributed by atoms with Gasteiger partial charge in [-0.05, 0) is 65.2 Å². The Morgan fingerprint density at radius 3 is 2.46 bits per heavy atom. The molecule has 2 amide bonds. The van der Waals surface area contributed by atoms with Crippen LogP contribution in [0.2, 0.25) is 0 Å². The van der Waals surface area contributed by atoms with Crippen molar-refractivity contribution in [3.8, 4) is 0 Å². The first-order valence-electron chi connectivity index (χ1n) is 8.50. The van der Waals surface area contributed by atoms with E-state index in [0.29, 0.717) is 16.8 Å². The molecular formula is C20H17BrN2O3. The van der Waals surface area contributed by atoms with Gasteiger partial charge in [-0.25, -0.2) is 0 Å². The van der Waals surface area contributed by atoms with E-state index in [-0.39, 0.29) is 17.6 Å². The number of fused-ring (bicyclic) bond motifs is 1. The highest BCUT2D eigenvalue weighted by molar-refractivity contribution is 9.10. The second-order valence-electron chi connectivity index (χ2n) is 6.30. The lowest BCUT2D eigenvalue weighted by atomic mass is 10.2. The summed E-state index contributed by atoms with van der Waals surface area (Å²) in [5.74, 6) is -0.0432. The smallest absolute Gasteiger partial charge is 0.291 e. The van der Waals surface area contributed by atoms with E-state index in [1.54, 1.807) is 30.3 Å². The Kier molecular flexibility index (Phi) is 4.51. The summed E-state index contributed by atoms with van der Waals surface area (Å²) < 4.78 is 6.45. The standard InChI is InChI=1S/C20H17BrN2O3/c21-16-5-3-4-14-12-17(26-18(14)16)19(24)22-15-8-6-13(7-9-15)20(25)23-10-1-2-11-23/h3-9,12H,1-2,10-11H2,(H,22,24). The van der Waals surface area contributed by atoms with Crippen molar-refractivity contribution >= 4 is 44.4 Å². The molecule has 132 valence electrons. The highest BCUT2D eigenvalue weighted by Gasteiger charge is 2.19. The molecule has 0 aliphatic carbocycles. The lowest BCUT2D eigenvalue weighted by molar-refractivity contribution is 0.0792. The summed E-state index contributed by atoms with van der Waals surface area (Å²) in [6.45, 7) is 1.64. The summed E-state index contributed by atoms with van der Waals surface area (Å²) in [4.78, 5) is 26.6. The molecule has 0 bridgehead atoms. The Bertz CT molecular complexity index is 972. The number of amides is 2. The maximum absolute atomic E-state index is 12.4. The SMILES string of the molecule is O=C(Nc1ccc(C(=O)N2CCCC2)cc1)c1cc2cccc(Br)c2o1. The summed E-state index contributed by atoms with van der Waals surface area (Å²) >= 11 is 3.41. The molecule has 2 heterocycles. The van der Waals surface area contributed by atoms with Crippen LogP contribution in [0.1, 0.15) is 33.8 Å². The van der Waals surface area contributed by atoms with E-state index < -0.39 is 0 Å². The fourth-order valence-electron chi connectivity index (χ4n) is 3.13. The van der Waals surface area contributed by atoms with Crippen molar-refractivity contribution in [2.45, 2.75) is 12.8 Å². The third-order valence-corrected chi connectivity index (χ3v) is 5.13. The van der Waals surface area contributed by atoms with Crippen LogP contribution in [0.15, 0.2) is 57.4 Å². The van der Waals surface area contributed by atoms with E-state index in [0.717, 1.165) is 35.8 Å². The second kappa shape index (κ2) is 6.96. The van der Waals surface area contributed by atoms with Gasteiger partial charge >= 0.3 is 0 Å². The number of nitrogens with zero attached hydrogens (tertiary/aromatic N) is 1. The number of anilines is 1. The van der Waals surface area contributed by atoms with Gasteiger partial charge in [-0.15, -0.1) is 0 Å². The molecule has 0 atom stereocenters. The lowest BCUT2D eigenvalue weighted by Crippen LogP contribution is -2.27. The Morgan fingerprint density at radius 2 is 1.77 bits per heavy atom. The van der Waals surface area contributed by atoms with Crippen LogP contribution in [0.4, 0.5) is 5.69 Å². The van der Waals surface area contributed by atoms with Crippen LogP contribution in [-0.2, 0) is 0 Å². The van der Waals surface area contributed by atoms with Gasteiger partial charge in [-0.2, -0.15) is 0 Å². The molecule has 1 aromatic heterocycles. The minimum absolute atomic E-state index is 0.0440. The largest absolute Gasteiger partial charge is 0.450 e. The number of halogens is 1. The minimum Gasteiger partial charge on any atom is -0.450 e. The first-order valence-corrected chi connectivity index (χ1v) is 9.30. The number of carbonyl (C=O) groups is 2. The zero-order valence-electron chi connectivity index (χ0n) is 14.0. The van der Waals surface area contributed by atoms with E-state index >= 15 is 0 Å². The second-order valence-corrected chi connectivity index (χ2v) is 7.15. The predicted molar refractivity (Wildman–Crippen MR) is 103 cm³/mol. The van der Waals surface area contributed by atoms with Gasteiger partial charge in [0.25, 0.3) is 11.8 Å². The topological polar surface area (TPSA) is 62.6 Å². The summed E-state index contributed by atoms with van der Waals surface area (Å²) in [5.41, 5.74) is 1.90. The molecule has 26 heavy (non-hydrogen) atoms. The third-order valence-electron chi connectivity index (χ3n) is 4.50. The normalized spacial score (nSPS) is 14.0. The highest BCUT2D eigenvalue weighted by Crippen LogP contribution is 2.27. The van der Waals surface area contributed by atoms with E-state index in [9.17, 15) is 9.59 Å². The van der Waals surface area contributed by atoms with Crippen LogP contribution < -0.4 is 5.32 Å². The molecule has 3 aromatic rings. The van der Waals surface area contributed by atoms with Crippen LogP contribution >= 0.6 is 15.9 Å². The van der Waals surface area contributed by atoms with Gasteiger partial charge in [0.2, 0.25) is 0 Å². The molecule has 1 aliphatic heterocycles. The number of benzene rings is 2. The maximum Gasteiger partial charge on any atom is 0.291 e. The average Bonchev–Trinajstić information content (AvgIpc) is 3.32. The van der Waals surface area contributed by atoms with Crippen LogP contribution in [0.5, 0.6) is 0 Å². The summed E-state index contributed by atoms with van der Waals surface area (Å²) in [7, 11) is 0. The van der Waals surface area contributed by atoms with Crippen molar-refractivity contribution in [1.82, 2.24) is 4.90 Å². The maximum atomic E-state index is 12.4. The monoisotopic (exact) mass is 412 g/mol. The van der Waals surface area contributed by atoms with Crippen molar-refractivity contribution < 1.29 is 14.0 Å². The zero-order chi connectivity index (χ0) is 18.1. The Morgan fingerprint density at radius 1 is 1.04 bits per heavy atom. The zero-order valence-corrected chi connectivity index (χ0v) is 15.6. The van der Waals surface area contributed by atoms with Crippen molar-refractivity contribution in [3.05, 3.63) is 64.3 Å². The van der Waals surface area contributed by atoms with E-state index in [1.165, 1.54) is 0 Å². The molecule has 5 nitrogen and oxygen atoms in total. The minimum atomic E-state index is -0.327. The summed E-state index contributed by atoms with van der Waals surface area (Å²) in [5, 5.41) is 3.66. The fourth-order valence-corrected chi connectivity index (χ4v) is 3.59. The van der Waals surface area contributed by atoms with Crippen LogP contribution in [0, 0.1) is 0 Å². The number of likely N-dealkylation sites (tertiary alicyclic amines) is 1. The fraction of sp³-hybridized carbons (Fsp3) is 0.200. The Balaban J connectivity index is 1.48. The number of hydrogen-bond donors (Lipinski definition) is 1. The molecule has 0 saturated carbocycles. The molecule has 2 aromatic carbocycles. The Hall–Kier alpha value is -2.60. The van der Waals surface area contributed by atoms with Crippen molar-refractivity contribution in [2.75, 3.05) is 18.4 Å². The summed E-state index contributed by atoms with van der Waals surface area (Å²) in [6, 6.07) is 14.3. The Labute approximate surface area is 159 Å². The van der Waals surface area contributed by atoms with Gasteiger partial charge in [0, 0.05) is 29.7 Å². The van der Waals surface area contributed by atoms with Crippen molar-refractivity contribution in [1.29, 1.82) is 0 Å². The van der Waals surface area contributed by atoms with Crippen molar-refractivity contribution in [3.63, 3.8) is 0 Å². The molecular weight excluding hydrogens is 396 g/mol. The number of furan rings is 1. The predicted octanol–water partition coefficient (Wildman–Crippen LogP) is 4.68. The number of carbonyl (C=O) groups excluding carboxylic acids is 2. The molecule has 1 saturated heterocycles. The van der Waals surface area contributed by atoms with Gasteiger partial charge in [-0.3, -0.25) is 9.59 Å². The molecule has 1 fully saturated rings. The first-order chi connectivity index (χ1) is 12.6. The summed E-state index contributed by atoms with van der Waals surface area (Å²) in [6.07, 6.45) is 2.13. The number of hydrogen-bond acceptors (Lipinski definition) is 3. The van der Waals surface area contributed by atoms with Gasteiger partial charge in [0.15, 0.2) is 5.76 Å². The molecule has 0 radical (unpaired) electrons. The molecule has 1 aliphatic rings. The van der Waals surface area contributed by atoms with Crippen LogP contribution in [0.3, 0.4) is 0 Å². The van der Waals surface area contributed by atoms with Crippen LogP contribution in [-0.4, -0.2) is 29.8 Å². The van der Waals surface area contributed by atoms with Gasteiger partial charge < -0.3 is 14.6 Å². The van der Waals surface area contributed by atoms with E-state index in [2.05, 4.69) is 21.2 Å². The first kappa shape index (κ1) is 16.8. The highest BCUT2D eigenvalue weighted by atomic mass is 79.9. The quantitative estimate of drug-likeness (QED) is 0.678. The third kappa shape index (κ3) is 3.24. The molecule has 4 rings (SSSR count). The molecule has 6 heteroatoms. The van der Waals surface area contributed by atoms with E-state index in [4.69, 9.17) is 4.42 Å². The lowest BCUT2D eigenvalue weighted by Gasteiger charge is -2.15. The molecule has 0 spiro atoms. The van der Waals surface area contributed by atoms with Crippen LogP contribution in [0.25, 0.3) is 11.0 Å². The van der Waals surface area contributed by atoms with Gasteiger partial charge in [-0.1, -0.05) is 12.1 Å². The number of rotatable bonds is 3. The van der Waals surface area contributed by atoms with Gasteiger partial charge in [0.1, 0.15) is 5.58 Å². The number of para-hydroxylation sites is 1. The average molecular weight is 413 g/mol. The van der Waals surface area contributed by atoms with Crippen molar-refractivity contribution in [2.24, 2.45) is 0 Å². The molecule has 0 unspecified atom stereocenters. The number of nitrogens with one attached hydrogen (secondary N) is 1. The van der Waals surface area contributed by atoms with E-state index in [1.807, 2.05) is 23.1 Å². The molecule has 1 N–H and O–H groups in total. The van der Waals surface area contributed by atoms with Gasteiger partial charge in [0.05, 0.1) is 4.47 Å².